The molecule has 0 saturated heterocycles. The Morgan fingerprint density at radius 2 is 2.27 bits per heavy atom. The Bertz CT molecular complexity index is 363. The number of hydrogen-bond acceptors (Lipinski definition) is 3. The van der Waals surface area contributed by atoms with Gasteiger partial charge in [0.05, 0.1) is 13.7 Å². The first-order valence-corrected chi connectivity index (χ1v) is 5.25. The summed E-state index contributed by atoms with van der Waals surface area (Å²) in [6, 6.07) is 4.55. The summed E-state index contributed by atoms with van der Waals surface area (Å²) in [6.45, 7) is 2.82. The summed E-state index contributed by atoms with van der Waals surface area (Å²) in [5.41, 5.74) is 2.41. The molecular weight excluding hydrogens is 190 g/mol. The Morgan fingerprint density at radius 1 is 1.47 bits per heavy atom. The third-order valence-electron chi connectivity index (χ3n) is 2.82. The lowest BCUT2D eigenvalue weighted by atomic mass is 9.98. The van der Waals surface area contributed by atoms with E-state index in [4.69, 9.17) is 9.47 Å². The molecule has 1 aromatic rings. The van der Waals surface area contributed by atoms with Gasteiger partial charge in [-0.15, -0.1) is 0 Å². The minimum absolute atomic E-state index is 0.377. The van der Waals surface area contributed by atoms with Crippen LogP contribution in [-0.4, -0.2) is 20.8 Å². The van der Waals surface area contributed by atoms with Gasteiger partial charge in [0.15, 0.2) is 11.5 Å². The van der Waals surface area contributed by atoms with Gasteiger partial charge >= 0.3 is 0 Å². The standard InChI is InChI=1S/C12H17NO2/c1-8-6-9-10(13-2)4-5-15-12(9)11(7-8)14-3/h6-7,10,13H,4-5H2,1-3H3. The van der Waals surface area contributed by atoms with E-state index in [1.807, 2.05) is 13.1 Å². The highest BCUT2D eigenvalue weighted by Gasteiger charge is 2.23. The number of aryl methyl sites for hydroxylation is 1. The SMILES string of the molecule is CNC1CCOc2c(OC)cc(C)cc21. The monoisotopic (exact) mass is 207 g/mol. The molecule has 0 saturated carbocycles. The third kappa shape index (κ3) is 1.79. The zero-order chi connectivity index (χ0) is 10.8. The molecule has 15 heavy (non-hydrogen) atoms. The molecule has 3 nitrogen and oxygen atoms in total. The van der Waals surface area contributed by atoms with E-state index in [0.29, 0.717) is 6.04 Å². The van der Waals surface area contributed by atoms with Crippen LogP contribution in [0, 0.1) is 6.92 Å². The fraction of sp³-hybridized carbons (Fsp3) is 0.500. The lowest BCUT2D eigenvalue weighted by molar-refractivity contribution is 0.243. The van der Waals surface area contributed by atoms with E-state index in [0.717, 1.165) is 24.5 Å². The van der Waals surface area contributed by atoms with Gasteiger partial charge in [-0.2, -0.15) is 0 Å². The Labute approximate surface area is 90.4 Å². The van der Waals surface area contributed by atoms with Gasteiger partial charge in [-0.1, -0.05) is 6.07 Å². The van der Waals surface area contributed by atoms with Crippen molar-refractivity contribution in [3.05, 3.63) is 23.3 Å². The predicted molar refractivity (Wildman–Crippen MR) is 59.6 cm³/mol. The lowest BCUT2D eigenvalue weighted by Gasteiger charge is -2.27. The van der Waals surface area contributed by atoms with E-state index in [2.05, 4.69) is 18.3 Å². The van der Waals surface area contributed by atoms with Crippen LogP contribution in [-0.2, 0) is 0 Å². The fourth-order valence-corrected chi connectivity index (χ4v) is 2.07. The summed E-state index contributed by atoms with van der Waals surface area (Å²) in [7, 11) is 3.66. The topological polar surface area (TPSA) is 30.5 Å². The van der Waals surface area contributed by atoms with Crippen LogP contribution in [0.2, 0.25) is 0 Å². The molecule has 1 aliphatic heterocycles. The zero-order valence-electron chi connectivity index (χ0n) is 9.46. The molecule has 1 heterocycles. The molecule has 82 valence electrons. The summed E-state index contributed by atoms with van der Waals surface area (Å²) < 4.78 is 11.0. The maximum atomic E-state index is 5.67. The minimum Gasteiger partial charge on any atom is -0.493 e. The van der Waals surface area contributed by atoms with Crippen molar-refractivity contribution in [2.45, 2.75) is 19.4 Å². The summed E-state index contributed by atoms with van der Waals surface area (Å²) >= 11 is 0. The molecule has 0 fully saturated rings. The first-order chi connectivity index (χ1) is 7.26. The highest BCUT2D eigenvalue weighted by atomic mass is 16.5. The Morgan fingerprint density at radius 3 is 2.93 bits per heavy atom. The highest BCUT2D eigenvalue weighted by molar-refractivity contribution is 5.51. The molecule has 0 amide bonds. The van der Waals surface area contributed by atoms with Gasteiger partial charge in [0.25, 0.3) is 0 Å². The van der Waals surface area contributed by atoms with Crippen molar-refractivity contribution in [3.63, 3.8) is 0 Å². The molecule has 1 N–H and O–H groups in total. The van der Waals surface area contributed by atoms with Gasteiger partial charge in [-0.25, -0.2) is 0 Å². The molecule has 3 heteroatoms. The maximum Gasteiger partial charge on any atom is 0.165 e. The first kappa shape index (κ1) is 10.3. The van der Waals surface area contributed by atoms with Crippen molar-refractivity contribution in [1.82, 2.24) is 5.32 Å². The van der Waals surface area contributed by atoms with Gasteiger partial charge < -0.3 is 14.8 Å². The quantitative estimate of drug-likeness (QED) is 0.805. The van der Waals surface area contributed by atoms with Crippen LogP contribution >= 0.6 is 0 Å². The molecular formula is C12H17NO2. The number of fused-ring (bicyclic) bond motifs is 1. The lowest BCUT2D eigenvalue weighted by Crippen LogP contribution is -2.24. The van der Waals surface area contributed by atoms with Gasteiger partial charge in [0.1, 0.15) is 0 Å². The second-order valence-corrected chi connectivity index (χ2v) is 3.86. The van der Waals surface area contributed by atoms with E-state index < -0.39 is 0 Å². The molecule has 2 rings (SSSR count). The molecule has 0 aliphatic carbocycles. The van der Waals surface area contributed by atoms with Gasteiger partial charge in [0, 0.05) is 18.0 Å². The van der Waals surface area contributed by atoms with E-state index in [9.17, 15) is 0 Å². The van der Waals surface area contributed by atoms with Crippen LogP contribution in [0.4, 0.5) is 0 Å². The van der Waals surface area contributed by atoms with E-state index in [1.165, 1.54) is 11.1 Å². The molecule has 0 bridgehead atoms. The smallest absolute Gasteiger partial charge is 0.165 e. The average molecular weight is 207 g/mol. The molecule has 1 unspecified atom stereocenters. The van der Waals surface area contributed by atoms with Crippen LogP contribution in [0.15, 0.2) is 12.1 Å². The number of benzene rings is 1. The van der Waals surface area contributed by atoms with Crippen LogP contribution < -0.4 is 14.8 Å². The van der Waals surface area contributed by atoms with Crippen LogP contribution in [0.1, 0.15) is 23.6 Å². The number of ether oxygens (including phenoxy) is 2. The van der Waals surface area contributed by atoms with Crippen LogP contribution in [0.3, 0.4) is 0 Å². The van der Waals surface area contributed by atoms with E-state index in [1.54, 1.807) is 7.11 Å². The molecule has 0 aromatic heterocycles. The van der Waals surface area contributed by atoms with E-state index >= 15 is 0 Å². The highest BCUT2D eigenvalue weighted by Crippen LogP contribution is 2.40. The molecule has 0 spiro atoms. The predicted octanol–water partition coefficient (Wildman–Crippen LogP) is 2.05. The summed E-state index contributed by atoms with van der Waals surface area (Å²) in [6.07, 6.45) is 1.01. The second-order valence-electron chi connectivity index (χ2n) is 3.86. The van der Waals surface area contributed by atoms with Crippen molar-refractivity contribution >= 4 is 0 Å². The van der Waals surface area contributed by atoms with Crippen molar-refractivity contribution < 1.29 is 9.47 Å². The number of rotatable bonds is 2. The van der Waals surface area contributed by atoms with Gasteiger partial charge in [-0.05, 0) is 25.6 Å². The summed E-state index contributed by atoms with van der Waals surface area (Å²) in [5.74, 6) is 1.73. The van der Waals surface area contributed by atoms with Crippen molar-refractivity contribution in [2.24, 2.45) is 0 Å². The van der Waals surface area contributed by atoms with E-state index in [-0.39, 0.29) is 0 Å². The normalized spacial score (nSPS) is 19.3. The fourth-order valence-electron chi connectivity index (χ4n) is 2.07. The van der Waals surface area contributed by atoms with Crippen molar-refractivity contribution in [2.75, 3.05) is 20.8 Å². The number of hydrogen-bond donors (Lipinski definition) is 1. The average Bonchev–Trinajstić information content (AvgIpc) is 2.27. The number of methoxy groups -OCH3 is 1. The number of nitrogens with one attached hydrogen (secondary N) is 1. The molecule has 1 atom stereocenters. The Balaban J connectivity index is 2.51. The van der Waals surface area contributed by atoms with Crippen LogP contribution in [0.5, 0.6) is 11.5 Å². The zero-order valence-corrected chi connectivity index (χ0v) is 9.46. The maximum absolute atomic E-state index is 5.67. The summed E-state index contributed by atoms with van der Waals surface area (Å²) in [4.78, 5) is 0. The largest absolute Gasteiger partial charge is 0.493 e. The van der Waals surface area contributed by atoms with Crippen molar-refractivity contribution in [3.8, 4) is 11.5 Å². The third-order valence-corrected chi connectivity index (χ3v) is 2.82. The first-order valence-electron chi connectivity index (χ1n) is 5.25. The molecule has 1 aliphatic rings. The molecule has 0 radical (unpaired) electrons. The van der Waals surface area contributed by atoms with Gasteiger partial charge in [0.2, 0.25) is 0 Å². The molecule has 1 aromatic carbocycles. The Kier molecular flexibility index (Phi) is 2.82. The second kappa shape index (κ2) is 4.11. The van der Waals surface area contributed by atoms with Gasteiger partial charge in [-0.3, -0.25) is 0 Å². The minimum atomic E-state index is 0.377. The Hall–Kier alpha value is -1.22. The summed E-state index contributed by atoms with van der Waals surface area (Å²) in [5, 5.41) is 3.30. The van der Waals surface area contributed by atoms with Crippen LogP contribution in [0.25, 0.3) is 0 Å². The van der Waals surface area contributed by atoms with Crippen molar-refractivity contribution in [1.29, 1.82) is 0 Å².